The molecule has 3 aromatic rings. The van der Waals surface area contributed by atoms with Crippen LogP contribution in [0.4, 0.5) is 13.2 Å². The predicted octanol–water partition coefficient (Wildman–Crippen LogP) is 4.29. The first-order valence-corrected chi connectivity index (χ1v) is 9.29. The van der Waals surface area contributed by atoms with Crippen molar-refractivity contribution in [2.24, 2.45) is 0 Å². The van der Waals surface area contributed by atoms with Crippen molar-refractivity contribution in [1.29, 1.82) is 0 Å². The molecular weight excluding hydrogens is 441 g/mol. The maximum absolute atomic E-state index is 14.5. The standard InChI is InChI=1S/C19H14BrF3N2O3/c20-12-7-13(21)9(3-14(12)22)6-17-24-18-15(23)4-10(19(26)27)5-16(18)25(17)8-11-1-2-28-11/h3-5,7,11H,1-2,6,8H2,(H,26,27). The largest absolute Gasteiger partial charge is 0.478 e. The van der Waals surface area contributed by atoms with E-state index in [-0.39, 0.29) is 39.2 Å². The topological polar surface area (TPSA) is 64.3 Å². The van der Waals surface area contributed by atoms with Crippen LogP contribution in [0.5, 0.6) is 0 Å². The van der Waals surface area contributed by atoms with Crippen molar-refractivity contribution in [1.82, 2.24) is 9.55 Å². The number of ether oxygens (including phenoxy) is 1. The number of imidazole rings is 1. The summed E-state index contributed by atoms with van der Waals surface area (Å²) in [6.07, 6.45) is 0.583. The smallest absolute Gasteiger partial charge is 0.335 e. The van der Waals surface area contributed by atoms with Crippen LogP contribution in [-0.4, -0.2) is 33.3 Å². The van der Waals surface area contributed by atoms with E-state index in [1.165, 1.54) is 6.07 Å². The summed E-state index contributed by atoms with van der Waals surface area (Å²) in [5.41, 5.74) is 0.108. The highest BCUT2D eigenvalue weighted by Crippen LogP contribution is 2.27. The molecule has 146 valence electrons. The zero-order chi connectivity index (χ0) is 20.0. The first kappa shape index (κ1) is 18.9. The van der Waals surface area contributed by atoms with Crippen molar-refractivity contribution in [2.45, 2.75) is 25.5 Å². The van der Waals surface area contributed by atoms with Crippen molar-refractivity contribution in [3.8, 4) is 0 Å². The molecule has 0 bridgehead atoms. The Bertz CT molecular complexity index is 1100. The average Bonchev–Trinajstić information content (AvgIpc) is 2.93. The molecule has 28 heavy (non-hydrogen) atoms. The highest BCUT2D eigenvalue weighted by Gasteiger charge is 2.24. The van der Waals surface area contributed by atoms with Gasteiger partial charge in [0.25, 0.3) is 0 Å². The number of benzene rings is 2. The molecule has 0 aliphatic carbocycles. The van der Waals surface area contributed by atoms with Crippen molar-refractivity contribution in [3.63, 3.8) is 0 Å². The quantitative estimate of drug-likeness (QED) is 0.584. The van der Waals surface area contributed by atoms with Crippen LogP contribution in [0.1, 0.15) is 28.2 Å². The summed E-state index contributed by atoms with van der Waals surface area (Å²) in [4.78, 5) is 15.5. The summed E-state index contributed by atoms with van der Waals surface area (Å²) in [5, 5.41) is 9.22. The molecule has 1 atom stereocenters. The number of aromatic carboxylic acids is 1. The summed E-state index contributed by atoms with van der Waals surface area (Å²) in [7, 11) is 0. The molecule has 1 unspecified atom stereocenters. The summed E-state index contributed by atoms with van der Waals surface area (Å²) in [6.45, 7) is 0.920. The molecule has 0 amide bonds. The molecular formula is C19H14BrF3N2O3. The van der Waals surface area contributed by atoms with Crippen LogP contribution in [0.25, 0.3) is 11.0 Å². The van der Waals surface area contributed by atoms with Crippen LogP contribution < -0.4 is 0 Å². The first-order valence-electron chi connectivity index (χ1n) is 8.50. The normalized spacial score (nSPS) is 16.4. The Kier molecular flexibility index (Phi) is 4.88. The van der Waals surface area contributed by atoms with Crippen LogP contribution in [0.3, 0.4) is 0 Å². The second kappa shape index (κ2) is 7.21. The lowest BCUT2D eigenvalue weighted by molar-refractivity contribution is -0.0589. The number of carbonyl (C=O) groups is 1. The molecule has 1 aliphatic heterocycles. The fraction of sp³-hybridized carbons (Fsp3) is 0.263. The molecule has 1 aromatic heterocycles. The molecule has 1 N–H and O–H groups in total. The monoisotopic (exact) mass is 454 g/mol. The number of hydrogen-bond donors (Lipinski definition) is 1. The molecule has 5 nitrogen and oxygen atoms in total. The SMILES string of the molecule is O=C(O)c1cc(F)c2nc(Cc3cc(F)c(Br)cc3F)n(CC3CCO3)c2c1. The summed E-state index contributed by atoms with van der Waals surface area (Å²) in [6, 6.07) is 4.30. The summed E-state index contributed by atoms with van der Waals surface area (Å²) < 4.78 is 49.6. The van der Waals surface area contributed by atoms with E-state index < -0.39 is 23.4 Å². The van der Waals surface area contributed by atoms with Gasteiger partial charge in [0.1, 0.15) is 23.0 Å². The predicted molar refractivity (Wildman–Crippen MR) is 97.9 cm³/mol. The number of carboxylic acid groups (broad SMARTS) is 1. The van der Waals surface area contributed by atoms with Gasteiger partial charge in [0, 0.05) is 13.0 Å². The third-order valence-electron chi connectivity index (χ3n) is 4.75. The number of halogens is 4. The van der Waals surface area contributed by atoms with Crippen LogP contribution in [0, 0.1) is 17.5 Å². The molecule has 1 aliphatic rings. The lowest BCUT2D eigenvalue weighted by atomic mass is 10.1. The highest BCUT2D eigenvalue weighted by molar-refractivity contribution is 9.10. The van der Waals surface area contributed by atoms with Gasteiger partial charge >= 0.3 is 5.97 Å². The zero-order valence-corrected chi connectivity index (χ0v) is 16.0. The van der Waals surface area contributed by atoms with E-state index in [0.717, 1.165) is 24.6 Å². The van der Waals surface area contributed by atoms with Crippen LogP contribution in [0.2, 0.25) is 0 Å². The molecule has 9 heteroatoms. The maximum Gasteiger partial charge on any atom is 0.335 e. The molecule has 1 fully saturated rings. The van der Waals surface area contributed by atoms with E-state index in [9.17, 15) is 23.1 Å². The highest BCUT2D eigenvalue weighted by atomic mass is 79.9. The Balaban J connectivity index is 1.84. The number of rotatable bonds is 5. The molecule has 1 saturated heterocycles. The van der Waals surface area contributed by atoms with E-state index >= 15 is 0 Å². The van der Waals surface area contributed by atoms with Crippen LogP contribution in [-0.2, 0) is 17.7 Å². The number of aromatic nitrogens is 2. The second-order valence-electron chi connectivity index (χ2n) is 6.59. The average molecular weight is 455 g/mol. The lowest BCUT2D eigenvalue weighted by Crippen LogP contribution is -2.31. The Morgan fingerprint density at radius 1 is 1.21 bits per heavy atom. The number of fused-ring (bicyclic) bond motifs is 1. The molecule has 0 saturated carbocycles. The Labute approximate surface area is 165 Å². The Morgan fingerprint density at radius 2 is 1.96 bits per heavy atom. The maximum atomic E-state index is 14.5. The minimum Gasteiger partial charge on any atom is -0.478 e. The van der Waals surface area contributed by atoms with Gasteiger partial charge in [0.05, 0.1) is 28.2 Å². The lowest BCUT2D eigenvalue weighted by Gasteiger charge is -2.27. The zero-order valence-electron chi connectivity index (χ0n) is 14.4. The van der Waals surface area contributed by atoms with Gasteiger partial charge in [0.15, 0.2) is 5.82 Å². The number of hydrogen-bond acceptors (Lipinski definition) is 3. The molecule has 2 aromatic carbocycles. The van der Waals surface area contributed by atoms with Crippen LogP contribution >= 0.6 is 15.9 Å². The van der Waals surface area contributed by atoms with Gasteiger partial charge in [-0.05, 0) is 52.2 Å². The van der Waals surface area contributed by atoms with Crippen molar-refractivity contribution in [2.75, 3.05) is 6.61 Å². The second-order valence-corrected chi connectivity index (χ2v) is 7.44. The van der Waals surface area contributed by atoms with E-state index in [4.69, 9.17) is 4.74 Å². The van der Waals surface area contributed by atoms with E-state index in [1.807, 2.05) is 0 Å². The van der Waals surface area contributed by atoms with Gasteiger partial charge in [-0.25, -0.2) is 22.9 Å². The van der Waals surface area contributed by atoms with Gasteiger partial charge < -0.3 is 14.4 Å². The molecule has 0 radical (unpaired) electrons. The minimum absolute atomic E-state index is 0.00210. The molecule has 2 heterocycles. The van der Waals surface area contributed by atoms with Gasteiger partial charge in [-0.2, -0.15) is 0 Å². The van der Waals surface area contributed by atoms with Gasteiger partial charge in [-0.3, -0.25) is 0 Å². The summed E-state index contributed by atoms with van der Waals surface area (Å²) >= 11 is 2.93. The number of carboxylic acids is 1. The fourth-order valence-corrected chi connectivity index (χ4v) is 3.51. The van der Waals surface area contributed by atoms with Gasteiger partial charge in [-0.1, -0.05) is 0 Å². The number of nitrogens with zero attached hydrogens (tertiary/aromatic N) is 2. The van der Waals surface area contributed by atoms with E-state index in [0.29, 0.717) is 19.0 Å². The van der Waals surface area contributed by atoms with Crippen molar-refractivity contribution in [3.05, 3.63) is 63.1 Å². The van der Waals surface area contributed by atoms with Crippen LogP contribution in [0.15, 0.2) is 28.7 Å². The van der Waals surface area contributed by atoms with Gasteiger partial charge in [0.2, 0.25) is 0 Å². The Hall–Kier alpha value is -2.39. The van der Waals surface area contributed by atoms with Gasteiger partial charge in [-0.15, -0.1) is 0 Å². The third-order valence-corrected chi connectivity index (χ3v) is 5.36. The van der Waals surface area contributed by atoms with E-state index in [1.54, 1.807) is 4.57 Å². The third kappa shape index (κ3) is 3.40. The summed E-state index contributed by atoms with van der Waals surface area (Å²) in [5.74, 6) is -3.00. The minimum atomic E-state index is -1.27. The van der Waals surface area contributed by atoms with E-state index in [2.05, 4.69) is 20.9 Å². The molecule has 0 spiro atoms. The first-order chi connectivity index (χ1) is 13.3. The van der Waals surface area contributed by atoms with Crippen molar-refractivity contribution < 1.29 is 27.8 Å². The Morgan fingerprint density at radius 3 is 2.61 bits per heavy atom. The van der Waals surface area contributed by atoms with Crippen molar-refractivity contribution >= 4 is 32.9 Å². The fourth-order valence-electron chi connectivity index (χ4n) is 3.19. The molecule has 4 rings (SSSR count).